The molecule has 0 saturated heterocycles. The van der Waals surface area contributed by atoms with Gasteiger partial charge >= 0.3 is 5.97 Å². The van der Waals surface area contributed by atoms with Gasteiger partial charge < -0.3 is 15.7 Å². The second-order valence-electron chi connectivity index (χ2n) is 3.94. The van der Waals surface area contributed by atoms with Gasteiger partial charge in [-0.05, 0) is 36.8 Å². The van der Waals surface area contributed by atoms with Crippen molar-refractivity contribution in [1.29, 1.82) is 0 Å². The van der Waals surface area contributed by atoms with E-state index in [-0.39, 0.29) is 5.91 Å². The summed E-state index contributed by atoms with van der Waals surface area (Å²) in [4.78, 5) is 21.3. The maximum Gasteiger partial charge on any atom is 0.328 e. The lowest BCUT2D eigenvalue weighted by Crippen LogP contribution is -2.06. The second-order valence-corrected chi connectivity index (χ2v) is 3.94. The number of amides is 1. The summed E-state index contributed by atoms with van der Waals surface area (Å²) in [6.07, 6.45) is 1.17. The fraction of sp³-hybridized carbons (Fsp3) is 0.231. The molecule has 96 valence electrons. The Labute approximate surface area is 106 Å². The lowest BCUT2D eigenvalue weighted by molar-refractivity contribution is -0.131. The smallest absolute Gasteiger partial charge is 0.328 e. The first-order chi connectivity index (χ1) is 8.47. The van der Waals surface area contributed by atoms with Crippen molar-refractivity contribution in [3.8, 4) is 0 Å². The van der Waals surface area contributed by atoms with Gasteiger partial charge in [0.25, 0.3) is 0 Å². The minimum absolute atomic E-state index is 0.115. The molecular weight excluding hydrogens is 232 g/mol. The van der Waals surface area contributed by atoms with E-state index in [0.717, 1.165) is 16.9 Å². The fourth-order valence-corrected chi connectivity index (χ4v) is 1.38. The van der Waals surface area contributed by atoms with Crippen LogP contribution < -0.4 is 10.6 Å². The summed E-state index contributed by atoms with van der Waals surface area (Å²) in [6, 6.07) is 7.19. The minimum Gasteiger partial charge on any atom is -0.478 e. The lowest BCUT2D eigenvalue weighted by Gasteiger charge is -2.07. The van der Waals surface area contributed by atoms with Gasteiger partial charge in [0.1, 0.15) is 0 Å². The molecule has 0 saturated carbocycles. The molecule has 3 N–H and O–H groups in total. The van der Waals surface area contributed by atoms with Crippen LogP contribution in [0.3, 0.4) is 0 Å². The molecule has 0 radical (unpaired) electrons. The van der Waals surface area contributed by atoms with E-state index in [1.54, 1.807) is 19.1 Å². The van der Waals surface area contributed by atoms with E-state index in [9.17, 15) is 9.59 Å². The number of hydrogen-bond acceptors (Lipinski definition) is 3. The van der Waals surface area contributed by atoms with Crippen molar-refractivity contribution in [2.24, 2.45) is 0 Å². The highest BCUT2D eigenvalue weighted by Crippen LogP contribution is 2.13. The van der Waals surface area contributed by atoms with Crippen LogP contribution >= 0.6 is 0 Å². The third-order valence-corrected chi connectivity index (χ3v) is 2.15. The largest absolute Gasteiger partial charge is 0.478 e. The van der Waals surface area contributed by atoms with E-state index in [1.807, 2.05) is 12.1 Å². The Bertz CT molecular complexity index is 464. The maximum absolute atomic E-state index is 10.8. The predicted octanol–water partition coefficient (Wildman–Crippen LogP) is 2.09. The Morgan fingerprint density at radius 1 is 1.17 bits per heavy atom. The van der Waals surface area contributed by atoms with Crippen LogP contribution in [0.4, 0.5) is 11.4 Å². The predicted molar refractivity (Wildman–Crippen MR) is 70.6 cm³/mol. The third kappa shape index (κ3) is 5.16. The van der Waals surface area contributed by atoms with Crippen molar-refractivity contribution in [2.45, 2.75) is 13.8 Å². The van der Waals surface area contributed by atoms with Gasteiger partial charge in [0.15, 0.2) is 0 Å². The van der Waals surface area contributed by atoms with E-state index in [4.69, 9.17) is 5.11 Å². The Morgan fingerprint density at radius 3 is 2.22 bits per heavy atom. The van der Waals surface area contributed by atoms with Crippen LogP contribution in [-0.2, 0) is 9.59 Å². The Balaban J connectivity index is 2.54. The van der Waals surface area contributed by atoms with Gasteiger partial charge in [-0.2, -0.15) is 0 Å². The number of carboxylic acids is 1. The number of carboxylic acid groups (broad SMARTS) is 1. The Kier molecular flexibility index (Phi) is 4.92. The molecule has 0 atom stereocenters. The number of nitrogens with one attached hydrogen (secondary N) is 2. The summed E-state index contributed by atoms with van der Waals surface area (Å²) < 4.78 is 0. The van der Waals surface area contributed by atoms with Crippen LogP contribution in [0.2, 0.25) is 0 Å². The highest BCUT2D eigenvalue weighted by molar-refractivity contribution is 5.88. The van der Waals surface area contributed by atoms with Crippen LogP contribution in [0.25, 0.3) is 0 Å². The van der Waals surface area contributed by atoms with Crippen LogP contribution in [0.5, 0.6) is 0 Å². The van der Waals surface area contributed by atoms with E-state index < -0.39 is 5.97 Å². The molecule has 0 heterocycles. The molecule has 1 amide bonds. The standard InChI is InChI=1S/C13H16N2O3/c1-9(7-13(17)18)8-14-11-3-5-12(6-4-11)15-10(2)16/h3-7,14H,8H2,1-2H3,(H,15,16)(H,17,18)/b9-7+. The number of rotatable bonds is 5. The molecule has 5 nitrogen and oxygen atoms in total. The van der Waals surface area contributed by atoms with Gasteiger partial charge in [-0.15, -0.1) is 0 Å². The SMILES string of the molecule is CC(=O)Nc1ccc(NC/C(C)=C/C(=O)O)cc1. The van der Waals surface area contributed by atoms with Crippen molar-refractivity contribution < 1.29 is 14.7 Å². The van der Waals surface area contributed by atoms with Crippen LogP contribution in [0, 0.1) is 0 Å². The normalized spacial score (nSPS) is 10.9. The summed E-state index contributed by atoms with van der Waals surface area (Å²) in [5, 5.41) is 14.3. The van der Waals surface area contributed by atoms with E-state index in [1.165, 1.54) is 13.0 Å². The van der Waals surface area contributed by atoms with E-state index in [2.05, 4.69) is 10.6 Å². The Hall–Kier alpha value is -2.30. The molecule has 1 aromatic rings. The summed E-state index contributed by atoms with van der Waals surface area (Å²) in [7, 11) is 0. The van der Waals surface area contributed by atoms with Gasteiger partial charge in [0, 0.05) is 30.9 Å². The molecule has 1 aromatic carbocycles. The van der Waals surface area contributed by atoms with Crippen LogP contribution in [0.15, 0.2) is 35.9 Å². The van der Waals surface area contributed by atoms with Gasteiger partial charge in [-0.3, -0.25) is 4.79 Å². The summed E-state index contributed by atoms with van der Waals surface area (Å²) in [5.74, 6) is -1.06. The number of anilines is 2. The molecule has 0 aliphatic carbocycles. The molecule has 1 rings (SSSR count). The molecule has 0 fully saturated rings. The molecule has 0 aliphatic heterocycles. The quantitative estimate of drug-likeness (QED) is 0.697. The van der Waals surface area contributed by atoms with Crippen molar-refractivity contribution in [1.82, 2.24) is 0 Å². The first kappa shape index (κ1) is 13.8. The molecule has 0 unspecified atom stereocenters. The fourth-order valence-electron chi connectivity index (χ4n) is 1.38. The van der Waals surface area contributed by atoms with Gasteiger partial charge in [0.2, 0.25) is 5.91 Å². The first-order valence-electron chi connectivity index (χ1n) is 5.49. The zero-order chi connectivity index (χ0) is 13.5. The van der Waals surface area contributed by atoms with Crippen molar-refractivity contribution >= 4 is 23.3 Å². The molecule has 5 heteroatoms. The molecule has 0 aromatic heterocycles. The molecule has 0 bridgehead atoms. The van der Waals surface area contributed by atoms with E-state index in [0.29, 0.717) is 6.54 Å². The molecule has 0 spiro atoms. The highest BCUT2D eigenvalue weighted by Gasteiger charge is 1.97. The lowest BCUT2D eigenvalue weighted by atomic mass is 10.2. The van der Waals surface area contributed by atoms with Crippen molar-refractivity contribution in [2.75, 3.05) is 17.2 Å². The molecular formula is C13H16N2O3. The maximum atomic E-state index is 10.8. The average Bonchev–Trinajstić information content (AvgIpc) is 2.26. The minimum atomic E-state index is -0.949. The number of carbonyl (C=O) groups excluding carboxylic acids is 1. The number of aliphatic carboxylic acids is 1. The Morgan fingerprint density at radius 2 is 1.72 bits per heavy atom. The van der Waals surface area contributed by atoms with Crippen LogP contribution in [0.1, 0.15) is 13.8 Å². The summed E-state index contributed by atoms with van der Waals surface area (Å²) >= 11 is 0. The summed E-state index contributed by atoms with van der Waals surface area (Å²) in [6.45, 7) is 3.66. The second kappa shape index (κ2) is 6.44. The average molecular weight is 248 g/mol. The van der Waals surface area contributed by atoms with Gasteiger partial charge in [-0.1, -0.05) is 0 Å². The number of carbonyl (C=O) groups is 2. The number of benzene rings is 1. The van der Waals surface area contributed by atoms with Gasteiger partial charge in [-0.25, -0.2) is 4.79 Å². The topological polar surface area (TPSA) is 78.4 Å². The number of hydrogen-bond donors (Lipinski definition) is 3. The zero-order valence-electron chi connectivity index (χ0n) is 10.4. The summed E-state index contributed by atoms with van der Waals surface area (Å²) in [5.41, 5.74) is 2.32. The molecule has 0 aliphatic rings. The van der Waals surface area contributed by atoms with Gasteiger partial charge in [0.05, 0.1) is 0 Å². The van der Waals surface area contributed by atoms with E-state index >= 15 is 0 Å². The van der Waals surface area contributed by atoms with Crippen molar-refractivity contribution in [3.05, 3.63) is 35.9 Å². The molecule has 18 heavy (non-hydrogen) atoms. The zero-order valence-corrected chi connectivity index (χ0v) is 10.4. The monoisotopic (exact) mass is 248 g/mol. The third-order valence-electron chi connectivity index (χ3n) is 2.15. The van der Waals surface area contributed by atoms with Crippen molar-refractivity contribution in [3.63, 3.8) is 0 Å². The van der Waals surface area contributed by atoms with Crippen LogP contribution in [-0.4, -0.2) is 23.5 Å². The highest BCUT2D eigenvalue weighted by atomic mass is 16.4. The first-order valence-corrected chi connectivity index (χ1v) is 5.49.